The Morgan fingerprint density at radius 2 is 1.65 bits per heavy atom. The first-order valence-corrected chi connectivity index (χ1v) is 5.58. The summed E-state index contributed by atoms with van der Waals surface area (Å²) in [7, 11) is 0. The average molecular weight is 230 g/mol. The second-order valence-electron chi connectivity index (χ2n) is 4.35. The van der Waals surface area contributed by atoms with Gasteiger partial charge in [0, 0.05) is 5.56 Å². The second-order valence-corrected chi connectivity index (χ2v) is 4.35. The minimum atomic E-state index is -0.257. The molecule has 17 heavy (non-hydrogen) atoms. The molecule has 0 unspecified atom stereocenters. The highest BCUT2D eigenvalue weighted by Gasteiger charge is 2.07. The van der Waals surface area contributed by atoms with Crippen LogP contribution in [0.1, 0.15) is 16.7 Å². The van der Waals surface area contributed by atoms with Gasteiger partial charge in [0.25, 0.3) is 0 Å². The summed E-state index contributed by atoms with van der Waals surface area (Å²) in [4.78, 5) is 0. The van der Waals surface area contributed by atoms with Crippen LogP contribution in [0.2, 0.25) is 0 Å². The number of aryl methyl sites for hydroxylation is 2. The molecule has 0 heterocycles. The van der Waals surface area contributed by atoms with Crippen LogP contribution in [-0.2, 0) is 6.61 Å². The smallest absolute Gasteiger partial charge is 0.131 e. The summed E-state index contributed by atoms with van der Waals surface area (Å²) in [5.41, 5.74) is 4.34. The molecule has 88 valence electrons. The lowest BCUT2D eigenvalue weighted by atomic mass is 9.99. The van der Waals surface area contributed by atoms with E-state index in [4.69, 9.17) is 5.11 Å². The molecule has 0 atom stereocenters. The Hall–Kier alpha value is -1.67. The van der Waals surface area contributed by atoms with Crippen molar-refractivity contribution in [2.45, 2.75) is 20.5 Å². The van der Waals surface area contributed by atoms with E-state index in [9.17, 15) is 4.39 Å². The molecule has 2 rings (SSSR count). The molecule has 0 saturated heterocycles. The lowest BCUT2D eigenvalue weighted by Crippen LogP contribution is -1.90. The predicted octanol–water partition coefficient (Wildman–Crippen LogP) is 3.60. The van der Waals surface area contributed by atoms with Crippen LogP contribution in [-0.4, -0.2) is 5.11 Å². The molecule has 0 spiro atoms. The third-order valence-electron chi connectivity index (χ3n) is 2.75. The highest BCUT2D eigenvalue weighted by atomic mass is 19.1. The zero-order valence-corrected chi connectivity index (χ0v) is 10.00. The van der Waals surface area contributed by atoms with E-state index < -0.39 is 0 Å². The molecule has 2 aromatic carbocycles. The van der Waals surface area contributed by atoms with Gasteiger partial charge in [-0.05, 0) is 37.1 Å². The number of hydrogen-bond donors (Lipinski definition) is 1. The number of rotatable bonds is 2. The van der Waals surface area contributed by atoms with Crippen LogP contribution in [0.3, 0.4) is 0 Å². The van der Waals surface area contributed by atoms with Gasteiger partial charge in [-0.2, -0.15) is 0 Å². The molecule has 0 radical (unpaired) electrons. The van der Waals surface area contributed by atoms with E-state index in [1.807, 2.05) is 26.0 Å². The van der Waals surface area contributed by atoms with Crippen molar-refractivity contribution in [1.82, 2.24) is 0 Å². The quantitative estimate of drug-likeness (QED) is 0.835. The summed E-state index contributed by atoms with van der Waals surface area (Å²) in [6.45, 7) is 3.91. The number of aliphatic hydroxyl groups is 1. The lowest BCUT2D eigenvalue weighted by Gasteiger charge is -2.08. The van der Waals surface area contributed by atoms with Gasteiger partial charge in [-0.25, -0.2) is 4.39 Å². The van der Waals surface area contributed by atoms with Crippen LogP contribution in [0.15, 0.2) is 36.4 Å². The normalized spacial score (nSPS) is 10.6. The summed E-state index contributed by atoms with van der Waals surface area (Å²) < 4.78 is 13.8. The van der Waals surface area contributed by atoms with E-state index in [1.54, 1.807) is 12.1 Å². The van der Waals surface area contributed by atoms with Gasteiger partial charge in [0.15, 0.2) is 0 Å². The van der Waals surface area contributed by atoms with Crippen LogP contribution in [0.5, 0.6) is 0 Å². The molecule has 2 aromatic rings. The third kappa shape index (κ3) is 2.53. The fourth-order valence-electron chi connectivity index (χ4n) is 2.02. The van der Waals surface area contributed by atoms with Gasteiger partial charge >= 0.3 is 0 Å². The Bertz CT molecular complexity index is 526. The van der Waals surface area contributed by atoms with Crippen molar-refractivity contribution < 1.29 is 9.50 Å². The number of aliphatic hydroxyl groups excluding tert-OH is 1. The summed E-state index contributed by atoms with van der Waals surface area (Å²) in [5.74, 6) is -0.257. The summed E-state index contributed by atoms with van der Waals surface area (Å²) in [6.07, 6.45) is 0. The minimum absolute atomic E-state index is 0.0714. The Morgan fingerprint density at radius 3 is 2.24 bits per heavy atom. The Balaban J connectivity index is 2.58. The first-order chi connectivity index (χ1) is 8.10. The van der Waals surface area contributed by atoms with Crippen molar-refractivity contribution in [3.63, 3.8) is 0 Å². The van der Waals surface area contributed by atoms with Gasteiger partial charge in [0.05, 0.1) is 6.61 Å². The summed E-state index contributed by atoms with van der Waals surface area (Å²) in [6, 6.07) is 10.7. The predicted molar refractivity (Wildman–Crippen MR) is 67.2 cm³/mol. The molecule has 0 aromatic heterocycles. The van der Waals surface area contributed by atoms with Crippen LogP contribution < -0.4 is 0 Å². The van der Waals surface area contributed by atoms with Crippen molar-refractivity contribution in [3.05, 3.63) is 58.9 Å². The number of benzene rings is 2. The van der Waals surface area contributed by atoms with Crippen LogP contribution in [0, 0.1) is 19.7 Å². The molecule has 0 saturated carbocycles. The van der Waals surface area contributed by atoms with Crippen molar-refractivity contribution in [1.29, 1.82) is 0 Å². The molecular formula is C15H15FO. The van der Waals surface area contributed by atoms with Crippen LogP contribution >= 0.6 is 0 Å². The summed E-state index contributed by atoms with van der Waals surface area (Å²) in [5, 5.41) is 9.09. The average Bonchev–Trinajstić information content (AvgIpc) is 2.28. The topological polar surface area (TPSA) is 20.2 Å². The standard InChI is InChI=1S/C15H15FO/c1-10-5-11(2)7-13(6-10)14-8-12(9-17)3-4-15(14)16/h3-8,17H,9H2,1-2H3. The first kappa shape index (κ1) is 11.8. The molecule has 0 aliphatic rings. The summed E-state index contributed by atoms with van der Waals surface area (Å²) >= 11 is 0. The second kappa shape index (κ2) is 4.68. The molecule has 0 bridgehead atoms. The maximum atomic E-state index is 13.8. The van der Waals surface area contributed by atoms with E-state index >= 15 is 0 Å². The number of halogens is 1. The fraction of sp³-hybridized carbons (Fsp3) is 0.200. The third-order valence-corrected chi connectivity index (χ3v) is 2.75. The minimum Gasteiger partial charge on any atom is -0.392 e. The molecular weight excluding hydrogens is 215 g/mol. The van der Waals surface area contributed by atoms with Crippen molar-refractivity contribution in [2.24, 2.45) is 0 Å². The largest absolute Gasteiger partial charge is 0.392 e. The van der Waals surface area contributed by atoms with E-state index in [1.165, 1.54) is 6.07 Å². The molecule has 0 aliphatic heterocycles. The van der Waals surface area contributed by atoms with E-state index in [2.05, 4.69) is 6.07 Å². The molecule has 1 nitrogen and oxygen atoms in total. The first-order valence-electron chi connectivity index (χ1n) is 5.58. The molecule has 0 amide bonds. The van der Waals surface area contributed by atoms with Crippen LogP contribution in [0.4, 0.5) is 4.39 Å². The Labute approximate surface area is 101 Å². The van der Waals surface area contributed by atoms with Gasteiger partial charge in [0.2, 0.25) is 0 Å². The van der Waals surface area contributed by atoms with Gasteiger partial charge in [-0.3, -0.25) is 0 Å². The molecule has 1 N–H and O–H groups in total. The monoisotopic (exact) mass is 230 g/mol. The van der Waals surface area contributed by atoms with Crippen molar-refractivity contribution >= 4 is 0 Å². The van der Waals surface area contributed by atoms with E-state index in [-0.39, 0.29) is 12.4 Å². The maximum Gasteiger partial charge on any atom is 0.131 e. The fourth-order valence-corrected chi connectivity index (χ4v) is 2.02. The van der Waals surface area contributed by atoms with Crippen LogP contribution in [0.25, 0.3) is 11.1 Å². The van der Waals surface area contributed by atoms with Gasteiger partial charge < -0.3 is 5.11 Å². The highest BCUT2D eigenvalue weighted by Crippen LogP contribution is 2.26. The van der Waals surface area contributed by atoms with E-state index in [0.717, 1.165) is 22.3 Å². The highest BCUT2D eigenvalue weighted by molar-refractivity contribution is 5.66. The lowest BCUT2D eigenvalue weighted by molar-refractivity contribution is 0.282. The number of hydrogen-bond acceptors (Lipinski definition) is 1. The van der Waals surface area contributed by atoms with Gasteiger partial charge in [0.1, 0.15) is 5.82 Å². The van der Waals surface area contributed by atoms with Crippen molar-refractivity contribution in [2.75, 3.05) is 0 Å². The van der Waals surface area contributed by atoms with E-state index in [0.29, 0.717) is 5.56 Å². The van der Waals surface area contributed by atoms with Crippen molar-refractivity contribution in [3.8, 4) is 11.1 Å². The Morgan fingerprint density at radius 1 is 1.00 bits per heavy atom. The molecule has 2 heteroatoms. The van der Waals surface area contributed by atoms with Gasteiger partial charge in [-0.15, -0.1) is 0 Å². The Kier molecular flexibility index (Phi) is 3.25. The zero-order valence-electron chi connectivity index (χ0n) is 10.00. The maximum absolute atomic E-state index is 13.8. The van der Waals surface area contributed by atoms with Gasteiger partial charge in [-0.1, -0.05) is 35.4 Å². The molecule has 0 aliphatic carbocycles. The SMILES string of the molecule is Cc1cc(C)cc(-c2cc(CO)ccc2F)c1. The zero-order chi connectivity index (χ0) is 12.4. The molecule has 0 fully saturated rings.